The fraction of sp³-hybridized carbons (Fsp3) is 0.381. The summed E-state index contributed by atoms with van der Waals surface area (Å²) in [6, 6.07) is 8.25. The maximum atomic E-state index is 14.7. The second-order valence-corrected chi connectivity index (χ2v) is 6.86. The van der Waals surface area contributed by atoms with Gasteiger partial charge in [0, 0.05) is 11.1 Å². The Morgan fingerprint density at radius 1 is 1.04 bits per heavy atom. The van der Waals surface area contributed by atoms with Gasteiger partial charge in [-0.1, -0.05) is 25.5 Å². The summed E-state index contributed by atoms with van der Waals surface area (Å²) in [6.07, 6.45) is 5.63. The lowest BCUT2D eigenvalue weighted by atomic mass is 9.77. The van der Waals surface area contributed by atoms with E-state index in [0.29, 0.717) is 5.92 Å². The molecule has 0 radical (unpaired) electrons. The fourth-order valence-electron chi connectivity index (χ4n) is 3.83. The Balaban J connectivity index is 1.91. The maximum absolute atomic E-state index is 14.7. The van der Waals surface area contributed by atoms with Crippen LogP contribution in [0.3, 0.4) is 0 Å². The Bertz CT molecular complexity index is 777. The van der Waals surface area contributed by atoms with Crippen LogP contribution in [-0.4, -0.2) is 11.1 Å². The van der Waals surface area contributed by atoms with Gasteiger partial charge in [0.05, 0.1) is 5.56 Å². The van der Waals surface area contributed by atoms with Gasteiger partial charge in [0.25, 0.3) is 0 Å². The summed E-state index contributed by atoms with van der Waals surface area (Å²) in [5, 5.41) is 9.27. The van der Waals surface area contributed by atoms with Crippen LogP contribution in [0.25, 0.3) is 11.1 Å². The zero-order chi connectivity index (χ0) is 18.0. The molecular weight excluding hydrogens is 322 g/mol. The van der Waals surface area contributed by atoms with E-state index in [2.05, 4.69) is 6.92 Å². The second kappa shape index (κ2) is 7.34. The normalized spacial score (nSPS) is 20.4. The summed E-state index contributed by atoms with van der Waals surface area (Å²) >= 11 is 0. The molecule has 0 bridgehead atoms. The van der Waals surface area contributed by atoms with E-state index in [1.165, 1.54) is 18.6 Å². The molecule has 25 heavy (non-hydrogen) atoms. The number of carboxylic acid groups (broad SMARTS) is 1. The van der Waals surface area contributed by atoms with Crippen molar-refractivity contribution >= 4 is 5.97 Å². The highest BCUT2D eigenvalue weighted by Crippen LogP contribution is 2.38. The molecule has 1 N–H and O–H groups in total. The van der Waals surface area contributed by atoms with Crippen molar-refractivity contribution in [1.29, 1.82) is 0 Å². The molecule has 1 saturated carbocycles. The van der Waals surface area contributed by atoms with Gasteiger partial charge in [-0.05, 0) is 67.3 Å². The lowest BCUT2D eigenvalue weighted by molar-refractivity contribution is 0.0697. The molecule has 2 nitrogen and oxygen atoms in total. The number of aromatic carboxylic acids is 1. The van der Waals surface area contributed by atoms with E-state index < -0.39 is 17.6 Å². The lowest BCUT2D eigenvalue weighted by Gasteiger charge is -2.28. The van der Waals surface area contributed by atoms with Crippen molar-refractivity contribution in [3.63, 3.8) is 0 Å². The number of carbonyl (C=O) groups is 1. The average Bonchev–Trinajstić information content (AvgIpc) is 2.61. The minimum atomic E-state index is -1.20. The van der Waals surface area contributed by atoms with Gasteiger partial charge in [-0.2, -0.15) is 0 Å². The Morgan fingerprint density at radius 2 is 1.76 bits per heavy atom. The third-order valence-electron chi connectivity index (χ3n) is 5.39. The summed E-state index contributed by atoms with van der Waals surface area (Å²) in [5.41, 5.74) is 1.05. The third kappa shape index (κ3) is 3.73. The summed E-state index contributed by atoms with van der Waals surface area (Å²) < 4.78 is 28.2. The molecule has 4 heteroatoms. The molecule has 1 aliphatic carbocycles. The number of rotatable bonds is 4. The van der Waals surface area contributed by atoms with Gasteiger partial charge >= 0.3 is 5.97 Å². The molecule has 2 aromatic rings. The van der Waals surface area contributed by atoms with Gasteiger partial charge < -0.3 is 5.11 Å². The predicted molar refractivity (Wildman–Crippen MR) is 93.7 cm³/mol. The monoisotopic (exact) mass is 344 g/mol. The zero-order valence-corrected chi connectivity index (χ0v) is 14.3. The number of carboxylic acids is 1. The maximum Gasteiger partial charge on any atom is 0.336 e. The Morgan fingerprint density at radius 3 is 2.36 bits per heavy atom. The van der Waals surface area contributed by atoms with Gasteiger partial charge in [-0.3, -0.25) is 0 Å². The zero-order valence-electron chi connectivity index (χ0n) is 14.3. The molecule has 1 aliphatic rings. The van der Waals surface area contributed by atoms with Crippen LogP contribution in [0.1, 0.15) is 60.9 Å². The van der Waals surface area contributed by atoms with E-state index >= 15 is 0 Å². The smallest absolute Gasteiger partial charge is 0.336 e. The highest BCUT2D eigenvalue weighted by atomic mass is 19.1. The molecule has 0 heterocycles. The summed E-state index contributed by atoms with van der Waals surface area (Å²) in [5.74, 6) is -1.16. The minimum Gasteiger partial charge on any atom is -0.478 e. The standard InChI is InChI=1S/C21H22F2O2/c1-2-13-3-5-14(6-4-13)15-7-9-17(20(23)11-15)19-12-16(22)8-10-18(19)21(24)25/h7-14H,2-6H2,1H3,(H,24,25). The molecule has 0 saturated heterocycles. The van der Waals surface area contributed by atoms with Crippen LogP contribution >= 0.6 is 0 Å². The van der Waals surface area contributed by atoms with Crippen molar-refractivity contribution in [2.45, 2.75) is 44.9 Å². The molecule has 0 aliphatic heterocycles. The quantitative estimate of drug-likeness (QED) is 0.737. The third-order valence-corrected chi connectivity index (χ3v) is 5.39. The molecule has 1 fully saturated rings. The first kappa shape index (κ1) is 17.6. The molecule has 0 amide bonds. The second-order valence-electron chi connectivity index (χ2n) is 6.86. The van der Waals surface area contributed by atoms with Gasteiger partial charge in [-0.25, -0.2) is 13.6 Å². The van der Waals surface area contributed by atoms with Crippen molar-refractivity contribution in [2.24, 2.45) is 5.92 Å². The van der Waals surface area contributed by atoms with Crippen LogP contribution < -0.4 is 0 Å². The molecule has 0 unspecified atom stereocenters. The lowest BCUT2D eigenvalue weighted by Crippen LogP contribution is -2.12. The highest BCUT2D eigenvalue weighted by Gasteiger charge is 2.23. The van der Waals surface area contributed by atoms with Gasteiger partial charge in [0.2, 0.25) is 0 Å². The summed E-state index contributed by atoms with van der Waals surface area (Å²) in [4.78, 5) is 11.3. The molecular formula is C21H22F2O2. The molecule has 132 valence electrons. The SMILES string of the molecule is CCC1CCC(c2ccc(-c3cc(F)ccc3C(=O)O)c(F)c2)CC1. The summed E-state index contributed by atoms with van der Waals surface area (Å²) in [7, 11) is 0. The number of hydrogen-bond acceptors (Lipinski definition) is 1. The fourth-order valence-corrected chi connectivity index (χ4v) is 3.83. The Labute approximate surface area is 146 Å². The van der Waals surface area contributed by atoms with Crippen LogP contribution in [0.15, 0.2) is 36.4 Å². The van der Waals surface area contributed by atoms with Crippen molar-refractivity contribution in [2.75, 3.05) is 0 Å². The number of hydrogen-bond donors (Lipinski definition) is 1. The van der Waals surface area contributed by atoms with Crippen molar-refractivity contribution in [3.8, 4) is 11.1 Å². The van der Waals surface area contributed by atoms with Crippen molar-refractivity contribution in [3.05, 3.63) is 59.2 Å². The van der Waals surface area contributed by atoms with Gasteiger partial charge in [-0.15, -0.1) is 0 Å². The van der Waals surface area contributed by atoms with Crippen LogP contribution in [0, 0.1) is 17.6 Å². The molecule has 0 atom stereocenters. The van der Waals surface area contributed by atoms with E-state index in [1.54, 1.807) is 6.07 Å². The van der Waals surface area contributed by atoms with E-state index in [0.717, 1.165) is 49.3 Å². The van der Waals surface area contributed by atoms with E-state index in [9.17, 15) is 18.7 Å². The predicted octanol–water partition coefficient (Wildman–Crippen LogP) is 6.01. The van der Waals surface area contributed by atoms with Crippen LogP contribution in [0.5, 0.6) is 0 Å². The van der Waals surface area contributed by atoms with Crippen LogP contribution in [-0.2, 0) is 0 Å². The molecule has 0 aromatic heterocycles. The molecule has 3 rings (SSSR count). The first-order chi connectivity index (χ1) is 12.0. The highest BCUT2D eigenvalue weighted by molar-refractivity contribution is 5.96. The van der Waals surface area contributed by atoms with Crippen LogP contribution in [0.2, 0.25) is 0 Å². The average molecular weight is 344 g/mol. The first-order valence-corrected chi connectivity index (χ1v) is 8.82. The molecule has 0 spiro atoms. The Kier molecular flexibility index (Phi) is 5.16. The van der Waals surface area contributed by atoms with Crippen molar-refractivity contribution < 1.29 is 18.7 Å². The van der Waals surface area contributed by atoms with Gasteiger partial charge in [0.15, 0.2) is 0 Å². The number of halogens is 2. The summed E-state index contributed by atoms with van der Waals surface area (Å²) in [6.45, 7) is 2.21. The largest absolute Gasteiger partial charge is 0.478 e. The topological polar surface area (TPSA) is 37.3 Å². The Hall–Kier alpha value is -2.23. The van der Waals surface area contributed by atoms with Crippen molar-refractivity contribution in [1.82, 2.24) is 0 Å². The molecule has 2 aromatic carbocycles. The van der Waals surface area contributed by atoms with Crippen LogP contribution in [0.4, 0.5) is 8.78 Å². The number of benzene rings is 2. The van der Waals surface area contributed by atoms with E-state index in [-0.39, 0.29) is 16.7 Å². The van der Waals surface area contributed by atoms with Gasteiger partial charge in [0.1, 0.15) is 11.6 Å². The minimum absolute atomic E-state index is 0.0752. The first-order valence-electron chi connectivity index (χ1n) is 8.82. The van der Waals surface area contributed by atoms with E-state index in [4.69, 9.17) is 0 Å². The van der Waals surface area contributed by atoms with E-state index in [1.807, 2.05) is 6.07 Å².